The Morgan fingerprint density at radius 2 is 2.17 bits per heavy atom. The number of furan rings is 1. The van der Waals surface area contributed by atoms with E-state index in [0.29, 0.717) is 5.76 Å². The van der Waals surface area contributed by atoms with Gasteiger partial charge in [-0.25, -0.2) is 0 Å². The molecular formula is C12H12N2O3S. The molecule has 6 heteroatoms. The molecule has 0 atom stereocenters. The molecule has 0 spiro atoms. The molecule has 2 amide bonds. The van der Waals surface area contributed by atoms with Crippen LogP contribution in [0.5, 0.6) is 0 Å². The van der Waals surface area contributed by atoms with Gasteiger partial charge >= 0.3 is 0 Å². The lowest BCUT2D eigenvalue weighted by atomic mass is 10.2. The van der Waals surface area contributed by atoms with E-state index >= 15 is 0 Å². The zero-order valence-electron chi connectivity index (χ0n) is 9.67. The summed E-state index contributed by atoms with van der Waals surface area (Å²) >= 11 is 4.50. The van der Waals surface area contributed by atoms with Crippen LogP contribution >= 0.6 is 12.2 Å². The molecule has 18 heavy (non-hydrogen) atoms. The number of hydrogen-bond acceptors (Lipinski definition) is 4. The Labute approximate surface area is 110 Å². The van der Waals surface area contributed by atoms with Crippen LogP contribution in [-0.4, -0.2) is 24.4 Å². The average Bonchev–Trinajstić information content (AvgIpc) is 2.87. The molecule has 94 valence electrons. The van der Waals surface area contributed by atoms with Crippen LogP contribution in [0.1, 0.15) is 5.76 Å². The summed E-state index contributed by atoms with van der Waals surface area (Å²) in [6, 6.07) is 3.49. The number of carbonyl (C=O) groups excluding carboxylic acids is 2. The molecule has 0 fully saturated rings. The van der Waals surface area contributed by atoms with Gasteiger partial charge in [0.1, 0.15) is 11.3 Å². The first-order valence-corrected chi connectivity index (χ1v) is 5.54. The summed E-state index contributed by atoms with van der Waals surface area (Å²) in [5, 5.41) is 4.64. The minimum Gasteiger partial charge on any atom is -0.465 e. The van der Waals surface area contributed by atoms with Crippen LogP contribution in [0.3, 0.4) is 0 Å². The van der Waals surface area contributed by atoms with Gasteiger partial charge in [-0.1, -0.05) is 18.3 Å². The second-order valence-electron chi connectivity index (χ2n) is 3.13. The number of amides is 2. The van der Waals surface area contributed by atoms with Crippen molar-refractivity contribution in [1.29, 1.82) is 0 Å². The molecule has 2 N–H and O–H groups in total. The fraction of sp³-hybridized carbons (Fsp3) is 0.0833. The Kier molecular flexibility index (Phi) is 5.53. The first-order valence-electron chi connectivity index (χ1n) is 5.07. The van der Waals surface area contributed by atoms with Gasteiger partial charge in [0.05, 0.1) is 11.8 Å². The maximum atomic E-state index is 11.5. The highest BCUT2D eigenvalue weighted by Crippen LogP contribution is 2.03. The average molecular weight is 264 g/mol. The van der Waals surface area contributed by atoms with Gasteiger partial charge in [-0.05, 0) is 24.3 Å². The molecular weight excluding hydrogens is 252 g/mol. The SMILES string of the molecule is CNC(=O)/C(=C/C=C/c1ccco1)C(=O)NC=S. The van der Waals surface area contributed by atoms with E-state index in [1.54, 1.807) is 24.3 Å². The molecule has 0 aliphatic carbocycles. The lowest BCUT2D eigenvalue weighted by Crippen LogP contribution is -2.32. The van der Waals surface area contributed by atoms with Crippen LogP contribution in [0.15, 0.2) is 40.5 Å². The van der Waals surface area contributed by atoms with Gasteiger partial charge in [-0.3, -0.25) is 9.59 Å². The fourth-order valence-corrected chi connectivity index (χ4v) is 1.25. The highest BCUT2D eigenvalue weighted by molar-refractivity contribution is 7.78. The monoisotopic (exact) mass is 264 g/mol. The third-order valence-corrected chi connectivity index (χ3v) is 2.09. The van der Waals surface area contributed by atoms with Crippen molar-refractivity contribution in [3.8, 4) is 0 Å². The highest BCUT2D eigenvalue weighted by Gasteiger charge is 2.14. The molecule has 0 unspecified atom stereocenters. The van der Waals surface area contributed by atoms with Crippen molar-refractivity contribution in [2.75, 3.05) is 7.05 Å². The Morgan fingerprint density at radius 3 is 2.72 bits per heavy atom. The molecule has 1 aromatic heterocycles. The zero-order chi connectivity index (χ0) is 13.4. The highest BCUT2D eigenvalue weighted by atomic mass is 32.1. The van der Waals surface area contributed by atoms with Crippen molar-refractivity contribution in [3.63, 3.8) is 0 Å². The van der Waals surface area contributed by atoms with Crippen LogP contribution in [-0.2, 0) is 9.59 Å². The van der Waals surface area contributed by atoms with Crippen LogP contribution < -0.4 is 10.6 Å². The second-order valence-corrected chi connectivity index (χ2v) is 3.36. The predicted octanol–water partition coefficient (Wildman–Crippen LogP) is 1.04. The molecule has 0 bridgehead atoms. The van der Waals surface area contributed by atoms with Crippen LogP contribution in [0, 0.1) is 0 Å². The molecule has 0 aliphatic heterocycles. The lowest BCUT2D eigenvalue weighted by molar-refractivity contribution is -0.122. The summed E-state index contributed by atoms with van der Waals surface area (Å²) < 4.78 is 5.07. The molecule has 1 aromatic rings. The molecule has 5 nitrogen and oxygen atoms in total. The third-order valence-electron chi connectivity index (χ3n) is 1.97. The summed E-state index contributed by atoms with van der Waals surface area (Å²) in [6.45, 7) is 0. The molecule has 0 saturated heterocycles. The molecule has 0 saturated carbocycles. The van der Waals surface area contributed by atoms with Gasteiger partial charge in [0.2, 0.25) is 0 Å². The van der Waals surface area contributed by atoms with E-state index in [2.05, 4.69) is 22.9 Å². The summed E-state index contributed by atoms with van der Waals surface area (Å²) in [6.07, 6.45) is 6.09. The first-order chi connectivity index (χ1) is 8.69. The maximum absolute atomic E-state index is 11.5. The van der Waals surface area contributed by atoms with E-state index in [1.807, 2.05) is 0 Å². The predicted molar refractivity (Wildman–Crippen MR) is 71.7 cm³/mol. The van der Waals surface area contributed by atoms with E-state index in [-0.39, 0.29) is 5.57 Å². The lowest BCUT2D eigenvalue weighted by Gasteiger charge is -2.02. The number of hydrogen-bond donors (Lipinski definition) is 2. The van der Waals surface area contributed by atoms with Gasteiger partial charge in [0.25, 0.3) is 11.8 Å². The third kappa shape index (κ3) is 3.99. The molecule has 0 aliphatic rings. The van der Waals surface area contributed by atoms with E-state index < -0.39 is 11.8 Å². The summed E-state index contributed by atoms with van der Waals surface area (Å²) in [5.74, 6) is -0.431. The number of rotatable bonds is 5. The van der Waals surface area contributed by atoms with Crippen LogP contribution in [0.2, 0.25) is 0 Å². The van der Waals surface area contributed by atoms with Crippen molar-refractivity contribution in [2.24, 2.45) is 0 Å². The summed E-state index contributed by atoms with van der Waals surface area (Å²) in [5.41, 5.74) is 1.01. The number of nitrogens with one attached hydrogen (secondary N) is 2. The Hall–Kier alpha value is -2.21. The van der Waals surface area contributed by atoms with Gasteiger partial charge < -0.3 is 15.1 Å². The van der Waals surface area contributed by atoms with Crippen molar-refractivity contribution >= 4 is 35.6 Å². The summed E-state index contributed by atoms with van der Waals surface area (Å²) in [4.78, 5) is 23.0. The Balaban J connectivity index is 2.85. The van der Waals surface area contributed by atoms with Crippen molar-refractivity contribution in [2.45, 2.75) is 0 Å². The molecule has 1 rings (SSSR count). The first kappa shape index (κ1) is 13.9. The quantitative estimate of drug-likeness (QED) is 0.274. The van der Waals surface area contributed by atoms with Gasteiger partial charge in [-0.2, -0.15) is 0 Å². The standard InChI is InChI=1S/C12H12N2O3S/c1-13-11(15)10(12(16)14-8-18)6-2-4-9-5-3-7-17-9/h2-8H,1H3,(H,13,15)(H,14,16,18)/b4-2+,10-6-. The minimum atomic E-state index is -0.562. The fourth-order valence-electron chi connectivity index (χ4n) is 1.15. The number of thiocarbonyl (C=S) groups is 1. The number of likely N-dealkylation sites (N-methyl/N-ethyl adjacent to an activating group) is 1. The largest absolute Gasteiger partial charge is 0.465 e. The molecule has 0 radical (unpaired) electrons. The second kappa shape index (κ2) is 7.18. The van der Waals surface area contributed by atoms with Crippen molar-refractivity contribution < 1.29 is 14.0 Å². The van der Waals surface area contributed by atoms with Gasteiger partial charge in [0.15, 0.2) is 0 Å². The Bertz CT molecular complexity index is 489. The van der Waals surface area contributed by atoms with E-state index in [4.69, 9.17) is 4.42 Å². The van der Waals surface area contributed by atoms with E-state index in [0.717, 1.165) is 5.49 Å². The topological polar surface area (TPSA) is 71.3 Å². The zero-order valence-corrected chi connectivity index (χ0v) is 10.5. The Morgan fingerprint density at radius 1 is 1.39 bits per heavy atom. The summed E-state index contributed by atoms with van der Waals surface area (Å²) in [7, 11) is 1.44. The van der Waals surface area contributed by atoms with Crippen molar-refractivity contribution in [3.05, 3.63) is 41.9 Å². The minimum absolute atomic E-state index is 0.0404. The smallest absolute Gasteiger partial charge is 0.261 e. The molecule has 1 heterocycles. The number of allylic oxidation sites excluding steroid dienone is 2. The maximum Gasteiger partial charge on any atom is 0.261 e. The molecule has 0 aromatic carbocycles. The van der Waals surface area contributed by atoms with Crippen LogP contribution in [0.4, 0.5) is 0 Å². The van der Waals surface area contributed by atoms with Gasteiger partial charge in [0, 0.05) is 7.05 Å². The van der Waals surface area contributed by atoms with Crippen LogP contribution in [0.25, 0.3) is 6.08 Å². The normalized spacial score (nSPS) is 11.3. The number of carbonyl (C=O) groups is 2. The van der Waals surface area contributed by atoms with Crippen molar-refractivity contribution in [1.82, 2.24) is 10.6 Å². The van der Waals surface area contributed by atoms with Gasteiger partial charge in [-0.15, -0.1) is 0 Å². The van der Waals surface area contributed by atoms with E-state index in [9.17, 15) is 9.59 Å². The van der Waals surface area contributed by atoms with E-state index in [1.165, 1.54) is 19.4 Å².